The maximum atomic E-state index is 11.9. The first-order chi connectivity index (χ1) is 11.2. The molecule has 1 amide bonds. The van der Waals surface area contributed by atoms with E-state index in [1.807, 2.05) is 0 Å². The maximum Gasteiger partial charge on any atom is 0.272 e. The van der Waals surface area contributed by atoms with E-state index in [0.29, 0.717) is 28.4 Å². The third-order valence-corrected chi connectivity index (χ3v) is 3.03. The number of benzene rings is 1. The molecule has 0 unspecified atom stereocenters. The van der Waals surface area contributed by atoms with Gasteiger partial charge in [0.25, 0.3) is 5.91 Å². The van der Waals surface area contributed by atoms with Crippen molar-refractivity contribution in [2.24, 2.45) is 5.10 Å². The second-order valence-corrected chi connectivity index (χ2v) is 4.36. The molecule has 0 spiro atoms. The van der Waals surface area contributed by atoms with Crippen molar-refractivity contribution in [3.05, 3.63) is 47.8 Å². The van der Waals surface area contributed by atoms with Crippen molar-refractivity contribution in [1.82, 2.24) is 10.4 Å². The van der Waals surface area contributed by atoms with E-state index in [4.69, 9.17) is 14.2 Å². The molecular weight excluding hydrogens is 298 g/mol. The number of carbonyl (C=O) groups is 1. The van der Waals surface area contributed by atoms with Crippen LogP contribution in [0.4, 0.5) is 0 Å². The number of ether oxygens (including phenoxy) is 3. The Morgan fingerprint density at radius 3 is 2.52 bits per heavy atom. The van der Waals surface area contributed by atoms with Gasteiger partial charge in [0, 0.05) is 18.0 Å². The van der Waals surface area contributed by atoms with Crippen LogP contribution in [0.25, 0.3) is 0 Å². The third kappa shape index (κ3) is 3.76. The number of amides is 1. The Morgan fingerprint density at radius 2 is 1.91 bits per heavy atom. The molecule has 1 N–H and O–H groups in total. The molecule has 2 aromatic rings. The van der Waals surface area contributed by atoms with Crippen LogP contribution in [0.15, 0.2) is 41.8 Å². The highest BCUT2D eigenvalue weighted by atomic mass is 16.5. The summed E-state index contributed by atoms with van der Waals surface area (Å²) in [6, 6.07) is 6.80. The van der Waals surface area contributed by atoms with Gasteiger partial charge in [-0.3, -0.25) is 9.78 Å². The van der Waals surface area contributed by atoms with Crippen molar-refractivity contribution in [2.45, 2.75) is 0 Å². The Morgan fingerprint density at radius 1 is 1.13 bits per heavy atom. The molecule has 0 aliphatic rings. The molecule has 0 aliphatic heterocycles. The number of hydrogen-bond donors (Lipinski definition) is 1. The van der Waals surface area contributed by atoms with Gasteiger partial charge in [-0.1, -0.05) is 0 Å². The van der Waals surface area contributed by atoms with E-state index in [1.54, 1.807) is 37.6 Å². The molecular formula is C16H17N3O4. The van der Waals surface area contributed by atoms with Gasteiger partial charge >= 0.3 is 0 Å². The molecule has 1 heterocycles. The van der Waals surface area contributed by atoms with Gasteiger partial charge in [0.1, 0.15) is 0 Å². The number of methoxy groups -OCH3 is 3. The lowest BCUT2D eigenvalue weighted by atomic mass is 10.2. The minimum Gasteiger partial charge on any atom is -0.493 e. The highest BCUT2D eigenvalue weighted by Gasteiger charge is 2.14. The van der Waals surface area contributed by atoms with Crippen LogP contribution in [0.5, 0.6) is 17.2 Å². The molecule has 0 fully saturated rings. The quantitative estimate of drug-likeness (QED) is 0.650. The van der Waals surface area contributed by atoms with E-state index in [2.05, 4.69) is 15.5 Å². The molecule has 0 saturated carbocycles. The first-order valence-corrected chi connectivity index (χ1v) is 6.73. The van der Waals surface area contributed by atoms with Crippen molar-refractivity contribution in [2.75, 3.05) is 21.3 Å². The summed E-state index contributed by atoms with van der Waals surface area (Å²) < 4.78 is 15.8. The second-order valence-electron chi connectivity index (χ2n) is 4.36. The molecule has 0 saturated heterocycles. The molecule has 120 valence electrons. The fourth-order valence-electron chi connectivity index (χ4n) is 1.95. The molecule has 0 bridgehead atoms. The SMILES string of the molecule is COc1ccc(/C=N/NC(=O)c2cccnc2)c(OC)c1OC. The van der Waals surface area contributed by atoms with E-state index in [0.717, 1.165) is 0 Å². The normalized spacial score (nSPS) is 10.4. The van der Waals surface area contributed by atoms with Crippen LogP contribution in [0, 0.1) is 0 Å². The van der Waals surface area contributed by atoms with Crippen LogP contribution in [0.1, 0.15) is 15.9 Å². The number of hydrogen-bond acceptors (Lipinski definition) is 6. The Kier molecular flexibility index (Phi) is 5.51. The zero-order chi connectivity index (χ0) is 16.7. The topological polar surface area (TPSA) is 82.0 Å². The van der Waals surface area contributed by atoms with Crippen LogP contribution in [-0.2, 0) is 0 Å². The lowest BCUT2D eigenvalue weighted by Crippen LogP contribution is -2.17. The molecule has 7 heteroatoms. The van der Waals surface area contributed by atoms with Gasteiger partial charge in [-0.05, 0) is 24.3 Å². The number of hydrazone groups is 1. The molecule has 0 radical (unpaired) electrons. The first kappa shape index (κ1) is 16.3. The lowest BCUT2D eigenvalue weighted by Gasteiger charge is -2.13. The average Bonchev–Trinajstić information content (AvgIpc) is 2.61. The third-order valence-electron chi connectivity index (χ3n) is 3.03. The van der Waals surface area contributed by atoms with Crippen LogP contribution in [0.3, 0.4) is 0 Å². The van der Waals surface area contributed by atoms with Crippen LogP contribution >= 0.6 is 0 Å². The first-order valence-electron chi connectivity index (χ1n) is 6.73. The number of aromatic nitrogens is 1. The molecule has 0 atom stereocenters. The summed E-state index contributed by atoms with van der Waals surface area (Å²) in [6.45, 7) is 0. The minimum atomic E-state index is -0.353. The molecule has 1 aromatic heterocycles. The monoisotopic (exact) mass is 315 g/mol. The fraction of sp³-hybridized carbons (Fsp3) is 0.188. The van der Waals surface area contributed by atoms with Crippen molar-refractivity contribution in [3.8, 4) is 17.2 Å². The number of nitrogens with one attached hydrogen (secondary N) is 1. The molecule has 0 aliphatic carbocycles. The van der Waals surface area contributed by atoms with Crippen molar-refractivity contribution >= 4 is 12.1 Å². The summed E-state index contributed by atoms with van der Waals surface area (Å²) in [5.41, 5.74) is 3.48. The van der Waals surface area contributed by atoms with Gasteiger partial charge in [-0.2, -0.15) is 5.10 Å². The van der Waals surface area contributed by atoms with Crippen LogP contribution in [0.2, 0.25) is 0 Å². The molecule has 2 rings (SSSR count). The Hall–Kier alpha value is -3.09. The maximum absolute atomic E-state index is 11.9. The van der Waals surface area contributed by atoms with Gasteiger partial charge in [0.05, 0.1) is 33.1 Å². The van der Waals surface area contributed by atoms with Crippen molar-refractivity contribution < 1.29 is 19.0 Å². The summed E-state index contributed by atoms with van der Waals surface area (Å²) in [7, 11) is 4.58. The average molecular weight is 315 g/mol. The predicted molar refractivity (Wildman–Crippen MR) is 85.4 cm³/mol. The summed E-state index contributed by atoms with van der Waals surface area (Å²) in [6.07, 6.45) is 4.52. The Balaban J connectivity index is 2.18. The van der Waals surface area contributed by atoms with E-state index in [1.165, 1.54) is 26.6 Å². The van der Waals surface area contributed by atoms with Gasteiger partial charge in [-0.25, -0.2) is 5.43 Å². The summed E-state index contributed by atoms with van der Waals surface area (Å²) >= 11 is 0. The van der Waals surface area contributed by atoms with E-state index < -0.39 is 0 Å². The number of nitrogens with zero attached hydrogens (tertiary/aromatic N) is 2. The molecule has 23 heavy (non-hydrogen) atoms. The Bertz CT molecular complexity index is 702. The summed E-state index contributed by atoms with van der Waals surface area (Å²) in [5.74, 6) is 1.11. The summed E-state index contributed by atoms with van der Waals surface area (Å²) in [5, 5.41) is 3.93. The highest BCUT2D eigenvalue weighted by Crippen LogP contribution is 2.38. The Labute approximate surface area is 133 Å². The van der Waals surface area contributed by atoms with Crippen molar-refractivity contribution in [1.29, 1.82) is 0 Å². The summed E-state index contributed by atoms with van der Waals surface area (Å²) in [4.78, 5) is 15.8. The minimum absolute atomic E-state index is 0.353. The standard InChI is InChI=1S/C16H17N3O4/c1-21-13-7-6-11(14(22-2)15(13)23-3)10-18-19-16(20)12-5-4-8-17-9-12/h4-10H,1-3H3,(H,19,20)/b18-10+. The molecule has 7 nitrogen and oxygen atoms in total. The highest BCUT2D eigenvalue weighted by molar-refractivity contribution is 5.95. The van der Waals surface area contributed by atoms with Crippen molar-refractivity contribution in [3.63, 3.8) is 0 Å². The van der Waals surface area contributed by atoms with E-state index >= 15 is 0 Å². The number of pyridine rings is 1. The van der Waals surface area contributed by atoms with Crippen LogP contribution in [-0.4, -0.2) is 38.4 Å². The van der Waals surface area contributed by atoms with E-state index in [-0.39, 0.29) is 5.91 Å². The zero-order valence-electron chi connectivity index (χ0n) is 13.1. The second kappa shape index (κ2) is 7.79. The molecule has 1 aromatic carbocycles. The van der Waals surface area contributed by atoms with Gasteiger partial charge in [0.15, 0.2) is 11.5 Å². The van der Waals surface area contributed by atoms with Gasteiger partial charge in [-0.15, -0.1) is 0 Å². The fourth-order valence-corrected chi connectivity index (χ4v) is 1.95. The number of carbonyl (C=O) groups excluding carboxylic acids is 1. The zero-order valence-corrected chi connectivity index (χ0v) is 13.1. The predicted octanol–water partition coefficient (Wildman–Crippen LogP) is 1.87. The smallest absolute Gasteiger partial charge is 0.272 e. The van der Waals surface area contributed by atoms with Gasteiger partial charge < -0.3 is 14.2 Å². The van der Waals surface area contributed by atoms with E-state index in [9.17, 15) is 4.79 Å². The van der Waals surface area contributed by atoms with Gasteiger partial charge in [0.2, 0.25) is 5.75 Å². The van der Waals surface area contributed by atoms with Crippen LogP contribution < -0.4 is 19.6 Å². The largest absolute Gasteiger partial charge is 0.493 e. The number of rotatable bonds is 6. The lowest BCUT2D eigenvalue weighted by molar-refractivity contribution is 0.0954.